The number of carbonyl (C=O) groups excluding carboxylic acids is 1. The maximum absolute atomic E-state index is 12.1. The number of hydrogen-bond acceptors (Lipinski definition) is 3. The summed E-state index contributed by atoms with van der Waals surface area (Å²) in [5, 5.41) is 3.10. The normalized spacial score (nSPS) is 16.7. The van der Waals surface area contributed by atoms with Crippen molar-refractivity contribution < 1.29 is 9.53 Å². The Bertz CT molecular complexity index is 687. The largest absolute Gasteiger partial charge is 0.497 e. The van der Waals surface area contributed by atoms with Crippen molar-refractivity contribution in [1.29, 1.82) is 0 Å². The van der Waals surface area contributed by atoms with E-state index in [1.165, 1.54) is 11.3 Å². The standard InChI is InChI=1S/C21H26N2O2/c1-25-20-9-5-8-19(14-20)23-13-12-18(16-23)15-22-21(24)11-10-17-6-3-2-4-7-17/h2-9,14,18H,10-13,15-16H2,1H3,(H,22,24)/t18-/m1/s1. The van der Waals surface area contributed by atoms with Crippen LogP contribution in [0.3, 0.4) is 0 Å². The van der Waals surface area contributed by atoms with Gasteiger partial charge in [0, 0.05) is 37.8 Å². The van der Waals surface area contributed by atoms with Crippen molar-refractivity contribution in [2.75, 3.05) is 31.6 Å². The molecular formula is C21H26N2O2. The Labute approximate surface area is 149 Å². The van der Waals surface area contributed by atoms with Crippen LogP contribution in [-0.2, 0) is 11.2 Å². The summed E-state index contributed by atoms with van der Waals surface area (Å²) in [5.41, 5.74) is 2.40. The Morgan fingerprint density at radius 3 is 2.84 bits per heavy atom. The van der Waals surface area contributed by atoms with Gasteiger partial charge < -0.3 is 15.0 Å². The van der Waals surface area contributed by atoms with Crippen LogP contribution in [0.1, 0.15) is 18.4 Å². The van der Waals surface area contributed by atoms with E-state index in [0.717, 1.165) is 38.2 Å². The Morgan fingerprint density at radius 2 is 2.04 bits per heavy atom. The number of benzene rings is 2. The number of rotatable bonds is 7. The molecule has 25 heavy (non-hydrogen) atoms. The molecule has 1 N–H and O–H groups in total. The first-order valence-corrected chi connectivity index (χ1v) is 8.94. The molecule has 1 aliphatic rings. The van der Waals surface area contributed by atoms with E-state index >= 15 is 0 Å². The molecule has 1 saturated heterocycles. The lowest BCUT2D eigenvalue weighted by molar-refractivity contribution is -0.121. The van der Waals surface area contributed by atoms with E-state index in [2.05, 4.69) is 34.5 Å². The fourth-order valence-electron chi connectivity index (χ4n) is 3.29. The third kappa shape index (κ3) is 4.99. The van der Waals surface area contributed by atoms with Gasteiger partial charge in [-0.1, -0.05) is 36.4 Å². The molecule has 1 heterocycles. The Balaban J connectivity index is 1.41. The summed E-state index contributed by atoms with van der Waals surface area (Å²) in [6, 6.07) is 18.3. The lowest BCUT2D eigenvalue weighted by Gasteiger charge is -2.19. The van der Waals surface area contributed by atoms with Crippen LogP contribution in [0.15, 0.2) is 54.6 Å². The molecule has 1 amide bonds. The predicted molar refractivity (Wildman–Crippen MR) is 101 cm³/mol. The molecule has 2 aromatic rings. The lowest BCUT2D eigenvalue weighted by Crippen LogP contribution is -2.31. The Kier molecular flexibility index (Phi) is 5.94. The van der Waals surface area contributed by atoms with Crippen LogP contribution >= 0.6 is 0 Å². The van der Waals surface area contributed by atoms with Crippen molar-refractivity contribution in [2.24, 2.45) is 5.92 Å². The number of methoxy groups -OCH3 is 1. The number of nitrogens with one attached hydrogen (secondary N) is 1. The molecule has 0 saturated carbocycles. The third-order valence-electron chi connectivity index (χ3n) is 4.78. The van der Waals surface area contributed by atoms with Crippen molar-refractivity contribution in [1.82, 2.24) is 5.32 Å². The highest BCUT2D eigenvalue weighted by molar-refractivity contribution is 5.76. The number of nitrogens with zero attached hydrogens (tertiary/aromatic N) is 1. The molecule has 1 aliphatic heterocycles. The number of hydrogen-bond donors (Lipinski definition) is 1. The summed E-state index contributed by atoms with van der Waals surface area (Å²) < 4.78 is 5.30. The summed E-state index contributed by atoms with van der Waals surface area (Å²) in [4.78, 5) is 14.4. The van der Waals surface area contributed by atoms with Gasteiger partial charge in [-0.3, -0.25) is 4.79 Å². The van der Waals surface area contributed by atoms with E-state index < -0.39 is 0 Å². The van der Waals surface area contributed by atoms with Gasteiger partial charge >= 0.3 is 0 Å². The molecule has 0 spiro atoms. The molecule has 1 fully saturated rings. The van der Waals surface area contributed by atoms with Gasteiger partial charge in [-0.25, -0.2) is 0 Å². The van der Waals surface area contributed by atoms with Gasteiger partial charge in [0.2, 0.25) is 5.91 Å². The first-order valence-electron chi connectivity index (χ1n) is 8.94. The molecule has 0 unspecified atom stereocenters. The molecule has 132 valence electrons. The molecule has 3 rings (SSSR count). The Morgan fingerprint density at radius 1 is 1.20 bits per heavy atom. The monoisotopic (exact) mass is 338 g/mol. The third-order valence-corrected chi connectivity index (χ3v) is 4.78. The second-order valence-electron chi connectivity index (χ2n) is 6.59. The van der Waals surface area contributed by atoms with Gasteiger partial charge in [0.15, 0.2) is 0 Å². The van der Waals surface area contributed by atoms with Crippen LogP contribution in [0, 0.1) is 5.92 Å². The molecule has 1 atom stereocenters. The summed E-state index contributed by atoms with van der Waals surface area (Å²) in [6.45, 7) is 2.76. The predicted octanol–water partition coefficient (Wildman–Crippen LogP) is 3.27. The number of carbonyl (C=O) groups is 1. The molecule has 0 radical (unpaired) electrons. The molecule has 0 aliphatic carbocycles. The van der Waals surface area contributed by atoms with Gasteiger partial charge in [0.05, 0.1) is 7.11 Å². The molecule has 0 aromatic heterocycles. The number of aryl methyl sites for hydroxylation is 1. The van der Waals surface area contributed by atoms with Crippen molar-refractivity contribution in [2.45, 2.75) is 19.3 Å². The van der Waals surface area contributed by atoms with E-state index in [1.807, 2.05) is 30.3 Å². The maximum Gasteiger partial charge on any atom is 0.220 e. The van der Waals surface area contributed by atoms with Gasteiger partial charge in [0.25, 0.3) is 0 Å². The summed E-state index contributed by atoms with van der Waals surface area (Å²) >= 11 is 0. The zero-order valence-corrected chi connectivity index (χ0v) is 14.8. The second kappa shape index (κ2) is 8.56. The molecular weight excluding hydrogens is 312 g/mol. The van der Waals surface area contributed by atoms with E-state index in [9.17, 15) is 4.79 Å². The molecule has 2 aromatic carbocycles. The van der Waals surface area contributed by atoms with Gasteiger partial charge in [-0.05, 0) is 36.5 Å². The van der Waals surface area contributed by atoms with Crippen molar-refractivity contribution >= 4 is 11.6 Å². The molecule has 0 bridgehead atoms. The highest BCUT2D eigenvalue weighted by Crippen LogP contribution is 2.26. The van der Waals surface area contributed by atoms with Crippen LogP contribution in [0.4, 0.5) is 5.69 Å². The van der Waals surface area contributed by atoms with Crippen LogP contribution in [0.2, 0.25) is 0 Å². The highest BCUT2D eigenvalue weighted by atomic mass is 16.5. The average molecular weight is 338 g/mol. The van der Waals surface area contributed by atoms with Gasteiger partial charge in [-0.2, -0.15) is 0 Å². The SMILES string of the molecule is COc1cccc(N2CC[C@H](CNC(=O)CCc3ccccc3)C2)c1. The van der Waals surface area contributed by atoms with Crippen molar-refractivity contribution in [3.8, 4) is 5.75 Å². The molecule has 4 nitrogen and oxygen atoms in total. The minimum absolute atomic E-state index is 0.142. The first kappa shape index (κ1) is 17.3. The number of amides is 1. The summed E-state index contributed by atoms with van der Waals surface area (Å²) in [5.74, 6) is 1.53. The topological polar surface area (TPSA) is 41.6 Å². The summed E-state index contributed by atoms with van der Waals surface area (Å²) in [7, 11) is 1.69. The minimum Gasteiger partial charge on any atom is -0.497 e. The number of ether oxygens (including phenoxy) is 1. The highest BCUT2D eigenvalue weighted by Gasteiger charge is 2.23. The quantitative estimate of drug-likeness (QED) is 0.842. The maximum atomic E-state index is 12.1. The van der Waals surface area contributed by atoms with Gasteiger partial charge in [0.1, 0.15) is 5.75 Å². The zero-order valence-electron chi connectivity index (χ0n) is 14.8. The van der Waals surface area contributed by atoms with Crippen molar-refractivity contribution in [3.05, 3.63) is 60.2 Å². The van der Waals surface area contributed by atoms with Gasteiger partial charge in [-0.15, -0.1) is 0 Å². The number of anilines is 1. The van der Waals surface area contributed by atoms with E-state index in [4.69, 9.17) is 4.74 Å². The molecule has 4 heteroatoms. The fraction of sp³-hybridized carbons (Fsp3) is 0.381. The average Bonchev–Trinajstić information content (AvgIpc) is 3.15. The van der Waals surface area contributed by atoms with Crippen LogP contribution in [0.5, 0.6) is 5.75 Å². The minimum atomic E-state index is 0.142. The summed E-state index contributed by atoms with van der Waals surface area (Å²) in [6.07, 6.45) is 2.46. The Hall–Kier alpha value is -2.49. The van der Waals surface area contributed by atoms with E-state index in [-0.39, 0.29) is 5.91 Å². The first-order chi connectivity index (χ1) is 12.2. The van der Waals surface area contributed by atoms with Crippen LogP contribution in [0.25, 0.3) is 0 Å². The van der Waals surface area contributed by atoms with Crippen LogP contribution in [-0.4, -0.2) is 32.7 Å². The van der Waals surface area contributed by atoms with E-state index in [1.54, 1.807) is 7.11 Å². The zero-order chi connectivity index (χ0) is 17.5. The van der Waals surface area contributed by atoms with Crippen LogP contribution < -0.4 is 15.0 Å². The second-order valence-corrected chi connectivity index (χ2v) is 6.59. The van der Waals surface area contributed by atoms with E-state index in [0.29, 0.717) is 12.3 Å². The smallest absolute Gasteiger partial charge is 0.220 e. The van der Waals surface area contributed by atoms with Crippen molar-refractivity contribution in [3.63, 3.8) is 0 Å². The fourth-order valence-corrected chi connectivity index (χ4v) is 3.29. The lowest BCUT2D eigenvalue weighted by atomic mass is 10.1.